The topological polar surface area (TPSA) is 453 Å². The molecule has 6 amide bonds. The van der Waals surface area contributed by atoms with Gasteiger partial charge in [0.15, 0.2) is 18.1 Å². The highest BCUT2D eigenvalue weighted by molar-refractivity contribution is 7.14. The summed E-state index contributed by atoms with van der Waals surface area (Å²) in [7, 11) is 2.94. The number of primary amides is 1. The van der Waals surface area contributed by atoms with Crippen LogP contribution in [0.3, 0.4) is 0 Å². The summed E-state index contributed by atoms with van der Waals surface area (Å²) >= 11 is 4.45. The minimum Gasteiger partial charge on any atom is -0.506 e. The fourth-order valence-corrected chi connectivity index (χ4v) is 15.5. The molecular formula is C60H58N14O18S5. The molecule has 4 aliphatic heterocycles. The van der Waals surface area contributed by atoms with Crippen molar-refractivity contribution in [3.8, 4) is 38.4 Å². The number of rotatable bonds is 9. The number of esters is 2. The predicted molar refractivity (Wildman–Crippen MR) is 345 cm³/mol. The number of nitrogens with zero attached hydrogens (tertiary/aromatic N) is 7. The molecule has 0 spiro atoms. The van der Waals surface area contributed by atoms with E-state index in [1.54, 1.807) is 33.0 Å². The van der Waals surface area contributed by atoms with Crippen LogP contribution in [0.1, 0.15) is 125 Å². The zero-order chi connectivity index (χ0) is 69.0. The number of amides is 6. The summed E-state index contributed by atoms with van der Waals surface area (Å²) < 4.78 is 38.0. The number of fused-ring (bicyclic) bond motifs is 15. The molecular weight excluding hydrogens is 1370 g/mol. The van der Waals surface area contributed by atoms with Gasteiger partial charge in [0.2, 0.25) is 5.91 Å². The van der Waals surface area contributed by atoms with Crippen LogP contribution in [-0.2, 0) is 56.0 Å². The first kappa shape index (κ1) is 67.4. The van der Waals surface area contributed by atoms with Gasteiger partial charge in [0, 0.05) is 49.8 Å². The van der Waals surface area contributed by atoms with Gasteiger partial charge in [0.1, 0.15) is 120 Å². The van der Waals surface area contributed by atoms with Gasteiger partial charge in [-0.3, -0.25) is 28.8 Å². The van der Waals surface area contributed by atoms with E-state index >= 15 is 9.59 Å². The van der Waals surface area contributed by atoms with Gasteiger partial charge < -0.3 is 86.6 Å². The van der Waals surface area contributed by atoms with Crippen LogP contribution in [0.5, 0.6) is 5.75 Å². The fraction of sp³-hybridized carbons (Fsp3) is 0.333. The number of nitrogens with two attached hydrogens (primary N) is 1. The van der Waals surface area contributed by atoms with E-state index < -0.39 is 145 Å². The zero-order valence-corrected chi connectivity index (χ0v) is 55.8. The van der Waals surface area contributed by atoms with Crippen molar-refractivity contribution in [3.63, 3.8) is 0 Å². The van der Waals surface area contributed by atoms with E-state index in [0.29, 0.717) is 10.3 Å². The summed E-state index contributed by atoms with van der Waals surface area (Å²) in [6.45, 7) is 7.61. The number of hydrogen-bond acceptors (Lipinski definition) is 30. The smallest absolute Gasteiger partial charge is 0.358 e. The SMILES string of the molecule is C=C(NC(=O)c1csc(-c2nc3c(cc2O)-c2nc(cs2)C(=O)NC(C(C)O)C(=O)N/C(=C(/C)OC)c2nc(cs2)C(=O)NC2c4nc(cs4)C(=O)NC(COC(=O)c4c5c6c(cccc6n4O)COC(=O)C(OC4CC(C)(O)C(NC)C(C)O4)C2OC5)c2nc-3cs2)n1)C(N)=O. The van der Waals surface area contributed by atoms with Crippen molar-refractivity contribution in [1.29, 1.82) is 0 Å². The second-order valence-corrected chi connectivity index (χ2v) is 27.0. The van der Waals surface area contributed by atoms with Crippen LogP contribution in [0.2, 0.25) is 0 Å². The van der Waals surface area contributed by atoms with E-state index in [4.69, 9.17) is 49.1 Å². The molecule has 12 bridgehead atoms. The number of aromatic hydroxyl groups is 1. The molecule has 0 radical (unpaired) electrons. The molecule has 37 heteroatoms. The largest absolute Gasteiger partial charge is 0.506 e. The number of hydrogen-bond donors (Lipinski definition) is 11. The van der Waals surface area contributed by atoms with Gasteiger partial charge in [0.05, 0.1) is 48.8 Å². The molecule has 32 nitrogen and oxygen atoms in total. The monoisotopic (exact) mass is 1420 g/mol. The van der Waals surface area contributed by atoms with E-state index in [9.17, 15) is 49.3 Å². The lowest BCUT2D eigenvalue weighted by Crippen LogP contribution is -2.61. The molecule has 7 aromatic heterocycles. The number of aliphatic hydroxyl groups is 2. The fourth-order valence-electron chi connectivity index (χ4n) is 11.3. The average molecular weight is 1420 g/mol. The molecule has 0 aliphatic carbocycles. The van der Waals surface area contributed by atoms with Crippen molar-refractivity contribution < 1.29 is 87.3 Å². The highest BCUT2D eigenvalue weighted by atomic mass is 32.1. The molecule has 12 N–H and O–H groups in total. The molecule has 12 rings (SSSR count). The summed E-state index contributed by atoms with van der Waals surface area (Å²) in [6, 6.07) is 0.568. The maximum absolute atomic E-state index is 15.1. The molecule has 506 valence electrons. The van der Waals surface area contributed by atoms with Gasteiger partial charge in [-0.25, -0.2) is 39.5 Å². The molecule has 4 aliphatic rings. The Bertz CT molecular complexity index is 4570. The molecule has 11 heterocycles. The Balaban J connectivity index is 1.04. The summed E-state index contributed by atoms with van der Waals surface area (Å²) in [4.78, 5) is 142. The van der Waals surface area contributed by atoms with E-state index in [1.807, 2.05) is 0 Å². The lowest BCUT2D eigenvalue weighted by atomic mass is 9.86. The third-order valence-electron chi connectivity index (χ3n) is 16.1. The highest BCUT2D eigenvalue weighted by Crippen LogP contribution is 2.43. The summed E-state index contributed by atoms with van der Waals surface area (Å²) in [5.41, 5.74) is 1.97. The number of cyclic esters (lactones) is 2. The first-order chi connectivity index (χ1) is 46.3. The van der Waals surface area contributed by atoms with Crippen LogP contribution < -0.4 is 37.6 Å². The van der Waals surface area contributed by atoms with Crippen molar-refractivity contribution in [3.05, 3.63) is 124 Å². The van der Waals surface area contributed by atoms with Crippen LogP contribution in [0, 0.1) is 0 Å². The lowest BCUT2D eigenvalue weighted by molar-refractivity contribution is -0.272. The number of aliphatic hydroxyl groups excluding tert-OH is 1. The average Bonchev–Trinajstić information content (AvgIpc) is 1.61. The number of pyridine rings is 1. The molecule has 10 atom stereocenters. The number of carbonyl (C=O) groups is 8. The van der Waals surface area contributed by atoms with Crippen LogP contribution in [0.25, 0.3) is 49.3 Å². The van der Waals surface area contributed by atoms with Gasteiger partial charge in [-0.2, -0.15) is 4.73 Å². The number of ether oxygens (including phenoxy) is 6. The number of allylic oxidation sites excluding steroid dienone is 1. The van der Waals surface area contributed by atoms with Gasteiger partial charge in [-0.1, -0.05) is 18.7 Å². The van der Waals surface area contributed by atoms with Crippen molar-refractivity contribution >= 4 is 121 Å². The Morgan fingerprint density at radius 1 is 0.856 bits per heavy atom. The standard InChI is InChI=1S/C60H58N14O18S5/c1-21(47(61)77)63-48(78)30-18-96-56(68-30)41-35(76)11-26-40(70-41)29-16-94-54(65-29)28-15-90-58(83)43-27-14-88-44(45(92-36-12-60(5,85)46(62-6)24(4)91-36)59(84)89-13-25-9-8-10-34(37(25)27)74(43)86)42(57-69-31(19-97-57)49(79)64-28)73-51(81)33-20-95-55(67-33)39(23(3)87-7)72-52(82)38(22(2)75)71-50(80)32-17-93-53(26)66-32/h8-11,16-20,22,24,28,36,38,42,44-46,62,75-76,85-86H,1,12-15H2,2-7H3,(H2,61,77)(H,63,78)(H,64,79)(H,71,80)(H,72,82)(H,73,81)/b39-23-. The zero-order valence-electron chi connectivity index (χ0n) is 51.7. The number of aromatic nitrogens is 7. The second kappa shape index (κ2) is 27.2. The predicted octanol–water partition coefficient (Wildman–Crippen LogP) is 3.55. The quantitative estimate of drug-likeness (QED) is 0.0426. The molecule has 0 saturated carbocycles. The minimum absolute atomic E-state index is 0.00733. The van der Waals surface area contributed by atoms with Gasteiger partial charge in [0.25, 0.3) is 29.5 Å². The van der Waals surface area contributed by atoms with Crippen molar-refractivity contribution in [1.82, 2.24) is 66.5 Å². The van der Waals surface area contributed by atoms with Crippen molar-refractivity contribution in [2.45, 2.75) is 108 Å². The minimum atomic E-state index is -1.92. The van der Waals surface area contributed by atoms with Crippen LogP contribution in [0.15, 0.2) is 69.2 Å². The summed E-state index contributed by atoms with van der Waals surface area (Å²) in [6.07, 6.45) is -7.59. The Kier molecular flexibility index (Phi) is 18.9. The molecule has 97 heavy (non-hydrogen) atoms. The van der Waals surface area contributed by atoms with Crippen LogP contribution in [-0.4, -0.2) is 172 Å². The normalized spacial score (nSPS) is 24.1. The molecule has 8 aromatic rings. The molecule has 1 aromatic carbocycles. The number of carbonyl (C=O) groups excluding carboxylic acids is 8. The van der Waals surface area contributed by atoms with E-state index in [-0.39, 0.29) is 105 Å². The second-order valence-electron chi connectivity index (χ2n) is 22.7. The van der Waals surface area contributed by atoms with E-state index in [1.165, 1.54) is 60.0 Å². The number of likely N-dealkylation sites (N-methyl/N-ethyl adjacent to an activating group) is 1. The molecule has 10 unspecified atom stereocenters. The van der Waals surface area contributed by atoms with Gasteiger partial charge in [-0.15, -0.1) is 56.7 Å². The number of nitrogens with one attached hydrogen (secondary N) is 6. The maximum atomic E-state index is 15.1. The summed E-state index contributed by atoms with van der Waals surface area (Å²) in [5.74, 6) is -8.29. The van der Waals surface area contributed by atoms with Crippen LogP contribution in [0.4, 0.5) is 0 Å². The third-order valence-corrected chi connectivity index (χ3v) is 20.6. The highest BCUT2D eigenvalue weighted by Gasteiger charge is 2.49. The Morgan fingerprint density at radius 3 is 2.25 bits per heavy atom. The molecule has 1 saturated heterocycles. The first-order valence-electron chi connectivity index (χ1n) is 29.3. The lowest BCUT2D eigenvalue weighted by Gasteiger charge is -2.45. The van der Waals surface area contributed by atoms with E-state index in [0.717, 1.165) is 56.7 Å². The third kappa shape index (κ3) is 13.3. The Hall–Kier alpha value is -9.54. The number of benzene rings is 1. The van der Waals surface area contributed by atoms with E-state index in [2.05, 4.69) is 53.4 Å². The first-order valence-corrected chi connectivity index (χ1v) is 33.7. The Morgan fingerprint density at radius 2 is 1.53 bits per heavy atom. The number of thiazole rings is 5. The van der Waals surface area contributed by atoms with Crippen LogP contribution >= 0.6 is 56.7 Å². The Labute approximate surface area is 567 Å². The maximum Gasteiger partial charge on any atom is 0.358 e. The van der Waals surface area contributed by atoms with Gasteiger partial charge in [-0.05, 0) is 52.4 Å². The molecule has 1 fully saturated rings. The summed E-state index contributed by atoms with van der Waals surface area (Å²) in [5, 5.41) is 70.1. The van der Waals surface area contributed by atoms with Gasteiger partial charge >= 0.3 is 11.9 Å². The van der Waals surface area contributed by atoms with Crippen molar-refractivity contribution in [2.24, 2.45) is 5.73 Å². The number of methoxy groups -OCH3 is 1. The van der Waals surface area contributed by atoms with Crippen molar-refractivity contribution in [2.75, 3.05) is 20.8 Å².